The van der Waals surface area contributed by atoms with E-state index in [4.69, 9.17) is 4.74 Å². The lowest BCUT2D eigenvalue weighted by atomic mass is 9.98. The van der Waals surface area contributed by atoms with Gasteiger partial charge in [0.2, 0.25) is 0 Å². The molecular formula is C23H23NO3. The van der Waals surface area contributed by atoms with Gasteiger partial charge in [0.1, 0.15) is 0 Å². The van der Waals surface area contributed by atoms with Crippen LogP contribution in [0.3, 0.4) is 0 Å². The number of aryl methyl sites for hydroxylation is 2. The molecule has 3 aromatic rings. The SMILES string of the molecule is COC(=O)c1ccc(CCc2cccnc2CC(O)c2ccccc2)cc1. The number of methoxy groups -OCH3 is 1. The summed E-state index contributed by atoms with van der Waals surface area (Å²) in [5.74, 6) is -0.328. The summed E-state index contributed by atoms with van der Waals surface area (Å²) >= 11 is 0. The first-order valence-electron chi connectivity index (χ1n) is 9.00. The topological polar surface area (TPSA) is 59.4 Å². The molecule has 27 heavy (non-hydrogen) atoms. The molecule has 0 bridgehead atoms. The maximum absolute atomic E-state index is 11.5. The van der Waals surface area contributed by atoms with Gasteiger partial charge in [-0.2, -0.15) is 0 Å². The van der Waals surface area contributed by atoms with Gasteiger partial charge in [-0.25, -0.2) is 4.79 Å². The molecule has 0 amide bonds. The molecule has 4 nitrogen and oxygen atoms in total. The van der Waals surface area contributed by atoms with Crippen molar-refractivity contribution >= 4 is 5.97 Å². The second-order valence-corrected chi connectivity index (χ2v) is 6.43. The van der Waals surface area contributed by atoms with Crippen molar-refractivity contribution in [3.63, 3.8) is 0 Å². The minimum atomic E-state index is -0.570. The van der Waals surface area contributed by atoms with E-state index in [9.17, 15) is 9.90 Å². The van der Waals surface area contributed by atoms with Gasteiger partial charge >= 0.3 is 5.97 Å². The van der Waals surface area contributed by atoms with Crippen LogP contribution in [-0.2, 0) is 24.0 Å². The Hall–Kier alpha value is -2.98. The Morgan fingerprint density at radius 1 is 1.00 bits per heavy atom. The summed E-state index contributed by atoms with van der Waals surface area (Å²) in [6.45, 7) is 0. The number of rotatable bonds is 7. The summed E-state index contributed by atoms with van der Waals surface area (Å²) in [4.78, 5) is 16.0. The standard InChI is InChI=1S/C23H23NO3/c1-27-23(26)20-13-10-17(11-14-20)9-12-18-8-5-15-24-21(18)16-22(25)19-6-3-2-4-7-19/h2-8,10-11,13-15,22,25H,9,12,16H2,1H3. The Kier molecular flexibility index (Phi) is 6.34. The predicted molar refractivity (Wildman–Crippen MR) is 105 cm³/mol. The number of aliphatic hydroxyl groups is 1. The third-order valence-corrected chi connectivity index (χ3v) is 4.61. The maximum atomic E-state index is 11.5. The molecule has 0 spiro atoms. The van der Waals surface area contributed by atoms with Crippen LogP contribution >= 0.6 is 0 Å². The molecule has 0 radical (unpaired) electrons. The summed E-state index contributed by atoms with van der Waals surface area (Å²) in [5, 5.41) is 10.5. The highest BCUT2D eigenvalue weighted by Crippen LogP contribution is 2.20. The molecule has 4 heteroatoms. The fourth-order valence-electron chi connectivity index (χ4n) is 3.06. The Morgan fingerprint density at radius 2 is 1.74 bits per heavy atom. The predicted octanol–water partition coefficient (Wildman–Crippen LogP) is 3.93. The van der Waals surface area contributed by atoms with Gasteiger partial charge in [-0.15, -0.1) is 0 Å². The first-order chi connectivity index (χ1) is 13.2. The molecule has 2 aromatic carbocycles. The second kappa shape index (κ2) is 9.10. The number of hydrogen-bond acceptors (Lipinski definition) is 4. The monoisotopic (exact) mass is 361 g/mol. The number of esters is 1. The van der Waals surface area contributed by atoms with Crippen molar-refractivity contribution < 1.29 is 14.6 Å². The fourth-order valence-corrected chi connectivity index (χ4v) is 3.06. The number of hydrogen-bond donors (Lipinski definition) is 1. The molecule has 1 aromatic heterocycles. The second-order valence-electron chi connectivity index (χ2n) is 6.43. The van der Waals surface area contributed by atoms with E-state index in [1.54, 1.807) is 18.3 Å². The summed E-state index contributed by atoms with van der Waals surface area (Å²) in [6, 6.07) is 21.1. The molecule has 0 aliphatic carbocycles. The van der Waals surface area contributed by atoms with E-state index in [-0.39, 0.29) is 5.97 Å². The van der Waals surface area contributed by atoms with Crippen LogP contribution in [0.5, 0.6) is 0 Å². The zero-order valence-corrected chi connectivity index (χ0v) is 15.3. The summed E-state index contributed by atoms with van der Waals surface area (Å²) in [7, 11) is 1.38. The van der Waals surface area contributed by atoms with Gasteiger partial charge in [-0.1, -0.05) is 48.5 Å². The average Bonchev–Trinajstić information content (AvgIpc) is 2.73. The van der Waals surface area contributed by atoms with E-state index >= 15 is 0 Å². The number of ether oxygens (including phenoxy) is 1. The van der Waals surface area contributed by atoms with Crippen LogP contribution in [0, 0.1) is 0 Å². The molecule has 0 fully saturated rings. The minimum absolute atomic E-state index is 0.328. The van der Waals surface area contributed by atoms with Gasteiger partial charge in [-0.05, 0) is 47.7 Å². The molecule has 0 saturated carbocycles. The lowest BCUT2D eigenvalue weighted by Gasteiger charge is -2.13. The van der Waals surface area contributed by atoms with E-state index in [0.717, 1.165) is 35.2 Å². The molecule has 3 rings (SSSR count). The average molecular weight is 361 g/mol. The number of nitrogens with zero attached hydrogens (tertiary/aromatic N) is 1. The highest BCUT2D eigenvalue weighted by atomic mass is 16.5. The van der Waals surface area contributed by atoms with Gasteiger partial charge in [0.25, 0.3) is 0 Å². The number of carbonyl (C=O) groups excluding carboxylic acids is 1. The van der Waals surface area contributed by atoms with Crippen LogP contribution in [0.2, 0.25) is 0 Å². The van der Waals surface area contributed by atoms with E-state index in [2.05, 4.69) is 11.1 Å². The number of carbonyl (C=O) groups is 1. The van der Waals surface area contributed by atoms with Gasteiger partial charge in [0, 0.05) is 18.3 Å². The summed E-state index contributed by atoms with van der Waals surface area (Å²) in [5.41, 5.74) is 4.63. The smallest absolute Gasteiger partial charge is 0.337 e. The van der Waals surface area contributed by atoms with Crippen LogP contribution in [-0.4, -0.2) is 23.2 Å². The highest BCUT2D eigenvalue weighted by Gasteiger charge is 2.12. The van der Waals surface area contributed by atoms with Crippen molar-refractivity contribution in [3.05, 3.63) is 101 Å². The van der Waals surface area contributed by atoms with Crippen molar-refractivity contribution in [1.82, 2.24) is 4.98 Å². The van der Waals surface area contributed by atoms with Crippen molar-refractivity contribution in [2.75, 3.05) is 7.11 Å². The molecule has 1 unspecified atom stereocenters. The van der Waals surface area contributed by atoms with Crippen molar-refractivity contribution in [2.45, 2.75) is 25.4 Å². The van der Waals surface area contributed by atoms with Crippen molar-refractivity contribution in [2.24, 2.45) is 0 Å². The van der Waals surface area contributed by atoms with Gasteiger partial charge in [0.15, 0.2) is 0 Å². The molecule has 1 atom stereocenters. The van der Waals surface area contributed by atoms with E-state index < -0.39 is 6.10 Å². The largest absolute Gasteiger partial charge is 0.465 e. The molecular weight excluding hydrogens is 338 g/mol. The Bertz CT molecular complexity index is 876. The lowest BCUT2D eigenvalue weighted by molar-refractivity contribution is 0.0600. The number of pyridine rings is 1. The van der Waals surface area contributed by atoms with Crippen LogP contribution < -0.4 is 0 Å². The fraction of sp³-hybridized carbons (Fsp3) is 0.217. The van der Waals surface area contributed by atoms with Crippen LogP contribution in [0.15, 0.2) is 72.9 Å². The zero-order chi connectivity index (χ0) is 19.1. The Labute approximate surface area is 159 Å². The molecule has 0 aliphatic heterocycles. The number of aromatic nitrogens is 1. The number of aliphatic hydroxyl groups excluding tert-OH is 1. The van der Waals surface area contributed by atoms with Crippen molar-refractivity contribution in [1.29, 1.82) is 0 Å². The molecule has 1 heterocycles. The molecule has 1 N–H and O–H groups in total. The Morgan fingerprint density at radius 3 is 2.44 bits per heavy atom. The van der Waals surface area contributed by atoms with Gasteiger partial charge in [-0.3, -0.25) is 4.98 Å². The van der Waals surface area contributed by atoms with Gasteiger partial charge < -0.3 is 9.84 Å². The van der Waals surface area contributed by atoms with Crippen LogP contribution in [0.1, 0.15) is 38.8 Å². The van der Waals surface area contributed by atoms with Crippen LogP contribution in [0.4, 0.5) is 0 Å². The summed E-state index contributed by atoms with van der Waals surface area (Å²) < 4.78 is 4.72. The highest BCUT2D eigenvalue weighted by molar-refractivity contribution is 5.89. The minimum Gasteiger partial charge on any atom is -0.465 e. The van der Waals surface area contributed by atoms with Gasteiger partial charge in [0.05, 0.1) is 18.8 Å². The first-order valence-corrected chi connectivity index (χ1v) is 9.00. The van der Waals surface area contributed by atoms with Crippen LogP contribution in [0.25, 0.3) is 0 Å². The van der Waals surface area contributed by atoms with E-state index in [1.165, 1.54) is 7.11 Å². The number of benzene rings is 2. The van der Waals surface area contributed by atoms with Crippen molar-refractivity contribution in [3.8, 4) is 0 Å². The van der Waals surface area contributed by atoms with E-state index in [1.807, 2.05) is 48.5 Å². The zero-order valence-electron chi connectivity index (χ0n) is 15.3. The maximum Gasteiger partial charge on any atom is 0.337 e. The molecule has 0 aliphatic rings. The third kappa shape index (κ3) is 5.02. The Balaban J connectivity index is 1.66. The first kappa shape index (κ1) is 18.8. The van der Waals surface area contributed by atoms with E-state index in [0.29, 0.717) is 12.0 Å². The third-order valence-electron chi connectivity index (χ3n) is 4.61. The quantitative estimate of drug-likeness (QED) is 0.648. The molecule has 138 valence electrons. The molecule has 0 saturated heterocycles. The normalized spacial score (nSPS) is 11.8. The lowest BCUT2D eigenvalue weighted by Crippen LogP contribution is -2.07. The summed E-state index contributed by atoms with van der Waals surface area (Å²) in [6.07, 6.45) is 3.34.